The summed E-state index contributed by atoms with van der Waals surface area (Å²) in [4.78, 5) is 32.3. The molecule has 0 radical (unpaired) electrons. The van der Waals surface area contributed by atoms with Crippen LogP contribution in [-0.2, 0) is 27.7 Å². The van der Waals surface area contributed by atoms with Crippen molar-refractivity contribution in [1.29, 1.82) is 0 Å². The highest BCUT2D eigenvalue weighted by molar-refractivity contribution is 7.89. The van der Waals surface area contributed by atoms with E-state index in [1.54, 1.807) is 4.90 Å². The van der Waals surface area contributed by atoms with E-state index in [0.717, 1.165) is 49.3 Å². The third kappa shape index (κ3) is 6.12. The van der Waals surface area contributed by atoms with E-state index in [1.165, 1.54) is 39.9 Å². The fraction of sp³-hybridized carbons (Fsp3) is 0.556. The molecule has 208 valence electrons. The van der Waals surface area contributed by atoms with Crippen molar-refractivity contribution in [3.8, 4) is 0 Å². The van der Waals surface area contributed by atoms with Crippen LogP contribution in [0.4, 0.5) is 5.00 Å². The van der Waals surface area contributed by atoms with Crippen LogP contribution in [0.2, 0.25) is 0 Å². The third-order valence-corrected chi connectivity index (χ3v) is 10.1. The van der Waals surface area contributed by atoms with Gasteiger partial charge in [-0.2, -0.15) is 4.31 Å². The average Bonchev–Trinajstić information content (AvgIpc) is 3.29. The fourth-order valence-corrected chi connectivity index (χ4v) is 7.82. The lowest BCUT2D eigenvalue weighted by atomic mass is 10.0. The van der Waals surface area contributed by atoms with Crippen molar-refractivity contribution < 1.29 is 22.7 Å². The second-order valence-corrected chi connectivity index (χ2v) is 12.7. The van der Waals surface area contributed by atoms with Gasteiger partial charge in [-0.05, 0) is 55.6 Å². The van der Waals surface area contributed by atoms with E-state index in [1.807, 2.05) is 13.8 Å². The Kier molecular flexibility index (Phi) is 9.59. The number of nitrogens with zero attached hydrogens (tertiary/aromatic N) is 3. The van der Waals surface area contributed by atoms with Crippen molar-refractivity contribution >= 4 is 38.2 Å². The number of nitrogens with one attached hydrogen (secondary N) is 1. The normalized spacial score (nSPS) is 16.5. The van der Waals surface area contributed by atoms with Gasteiger partial charge in [0.2, 0.25) is 10.0 Å². The molecular weight excluding hydrogens is 524 g/mol. The van der Waals surface area contributed by atoms with Crippen LogP contribution in [-0.4, -0.2) is 86.8 Å². The number of thiophene rings is 1. The molecule has 0 unspecified atom stereocenters. The van der Waals surface area contributed by atoms with Crippen LogP contribution in [0, 0.1) is 0 Å². The van der Waals surface area contributed by atoms with Gasteiger partial charge in [0.1, 0.15) is 5.00 Å². The summed E-state index contributed by atoms with van der Waals surface area (Å²) < 4.78 is 33.1. The van der Waals surface area contributed by atoms with Gasteiger partial charge in [0.15, 0.2) is 0 Å². The second kappa shape index (κ2) is 12.7. The van der Waals surface area contributed by atoms with Crippen LogP contribution < -0.4 is 5.32 Å². The summed E-state index contributed by atoms with van der Waals surface area (Å²) in [5.74, 6) is -0.436. The van der Waals surface area contributed by atoms with E-state index in [0.29, 0.717) is 55.5 Å². The molecule has 0 bridgehead atoms. The number of benzene rings is 1. The van der Waals surface area contributed by atoms with Crippen LogP contribution in [0.1, 0.15) is 64.8 Å². The van der Waals surface area contributed by atoms with Crippen molar-refractivity contribution in [2.75, 3.05) is 57.8 Å². The minimum absolute atomic E-state index is 0.0700. The lowest BCUT2D eigenvalue weighted by Gasteiger charge is -2.29. The molecule has 1 saturated heterocycles. The predicted octanol–water partition coefficient (Wildman–Crippen LogP) is 3.66. The number of rotatable bonds is 10. The summed E-state index contributed by atoms with van der Waals surface area (Å²) in [5.41, 5.74) is 1.96. The van der Waals surface area contributed by atoms with Gasteiger partial charge in [0.05, 0.1) is 23.7 Å². The maximum Gasteiger partial charge on any atom is 0.257 e. The van der Waals surface area contributed by atoms with Gasteiger partial charge in [0, 0.05) is 49.7 Å². The molecule has 2 aromatic rings. The number of fused-ring (bicyclic) bond motifs is 1. The molecule has 1 fully saturated rings. The summed E-state index contributed by atoms with van der Waals surface area (Å²) in [5, 5.41) is 3.54. The zero-order chi connectivity index (χ0) is 27.3. The Morgan fingerprint density at radius 1 is 1.03 bits per heavy atom. The number of hydrogen-bond donors (Lipinski definition) is 1. The maximum atomic E-state index is 13.6. The highest BCUT2D eigenvalue weighted by Crippen LogP contribution is 2.38. The van der Waals surface area contributed by atoms with Gasteiger partial charge in [-0.25, -0.2) is 8.42 Å². The Balaban J connectivity index is 1.58. The van der Waals surface area contributed by atoms with E-state index >= 15 is 0 Å². The summed E-state index contributed by atoms with van der Waals surface area (Å²) >= 11 is 1.46. The average molecular weight is 563 g/mol. The number of likely N-dealkylation sites (N-methyl/N-ethyl adjacent to an activating group) is 1. The number of anilines is 1. The van der Waals surface area contributed by atoms with Gasteiger partial charge in [-0.1, -0.05) is 20.8 Å². The Hall–Kier alpha value is -2.31. The van der Waals surface area contributed by atoms with Gasteiger partial charge in [-0.15, -0.1) is 11.3 Å². The lowest BCUT2D eigenvalue weighted by Crippen LogP contribution is -2.41. The monoisotopic (exact) mass is 562 g/mol. The van der Waals surface area contributed by atoms with E-state index in [2.05, 4.69) is 17.1 Å². The van der Waals surface area contributed by atoms with Crippen LogP contribution in [0.5, 0.6) is 0 Å². The van der Waals surface area contributed by atoms with Gasteiger partial charge >= 0.3 is 0 Å². The lowest BCUT2D eigenvalue weighted by molar-refractivity contribution is 0.0303. The largest absolute Gasteiger partial charge is 0.378 e. The standard InChI is InChI=1S/C27H38N4O5S2/c1-4-12-31(13-5-2)38(34,35)21-9-7-20(8-10-21)25(32)28-26-24(27(33)30-15-17-36-18-16-30)22-11-14-29(6-3)19-23(22)37-26/h7-10H,4-6,11-19H2,1-3H3,(H,28,32). The first-order valence-electron chi connectivity index (χ1n) is 13.5. The summed E-state index contributed by atoms with van der Waals surface area (Å²) in [6, 6.07) is 6.05. The smallest absolute Gasteiger partial charge is 0.257 e. The second-order valence-electron chi connectivity index (χ2n) is 9.61. The highest BCUT2D eigenvalue weighted by Gasteiger charge is 2.31. The minimum atomic E-state index is -3.63. The van der Waals surface area contributed by atoms with E-state index in [9.17, 15) is 18.0 Å². The molecule has 2 aliphatic rings. The molecule has 1 aromatic heterocycles. The van der Waals surface area contributed by atoms with Gasteiger partial charge < -0.3 is 15.0 Å². The Morgan fingerprint density at radius 2 is 1.68 bits per heavy atom. The Morgan fingerprint density at radius 3 is 2.29 bits per heavy atom. The maximum absolute atomic E-state index is 13.6. The number of carbonyl (C=O) groups is 2. The molecule has 0 spiro atoms. The highest BCUT2D eigenvalue weighted by atomic mass is 32.2. The molecule has 3 heterocycles. The molecule has 1 aromatic carbocycles. The number of carbonyl (C=O) groups excluding carboxylic acids is 2. The molecule has 9 nitrogen and oxygen atoms in total. The molecule has 0 atom stereocenters. The quantitative estimate of drug-likeness (QED) is 0.475. The molecule has 11 heteroatoms. The first-order chi connectivity index (χ1) is 18.3. The molecule has 0 saturated carbocycles. The first kappa shape index (κ1) is 28.7. The van der Waals surface area contributed by atoms with Crippen LogP contribution in [0.3, 0.4) is 0 Å². The van der Waals surface area contributed by atoms with Crippen LogP contribution in [0.25, 0.3) is 0 Å². The van der Waals surface area contributed by atoms with Crippen LogP contribution in [0.15, 0.2) is 29.2 Å². The van der Waals surface area contributed by atoms with Crippen molar-refractivity contribution in [2.45, 2.75) is 51.5 Å². The number of hydrogen-bond acceptors (Lipinski definition) is 7. The van der Waals surface area contributed by atoms with Crippen molar-refractivity contribution in [3.05, 3.63) is 45.8 Å². The summed E-state index contributed by atoms with van der Waals surface area (Å²) in [6.07, 6.45) is 2.22. The molecule has 4 rings (SSSR count). The van der Waals surface area contributed by atoms with E-state index < -0.39 is 10.0 Å². The summed E-state index contributed by atoms with van der Waals surface area (Å²) in [6.45, 7) is 11.6. The number of sulfonamides is 1. The third-order valence-electron chi connectivity index (χ3n) is 7.02. The van der Waals surface area contributed by atoms with Gasteiger partial charge in [-0.3, -0.25) is 14.5 Å². The fourth-order valence-electron chi connectivity index (χ4n) is 4.92. The van der Waals surface area contributed by atoms with Crippen molar-refractivity contribution in [2.24, 2.45) is 0 Å². The molecule has 0 aliphatic carbocycles. The molecule has 38 heavy (non-hydrogen) atoms. The Labute approximate surface area is 229 Å². The molecule has 1 N–H and O–H groups in total. The van der Waals surface area contributed by atoms with Crippen molar-refractivity contribution in [3.63, 3.8) is 0 Å². The number of amides is 2. The molecular formula is C27H38N4O5S2. The van der Waals surface area contributed by atoms with E-state index in [-0.39, 0.29) is 16.7 Å². The van der Waals surface area contributed by atoms with Gasteiger partial charge in [0.25, 0.3) is 11.8 Å². The van der Waals surface area contributed by atoms with Crippen molar-refractivity contribution in [1.82, 2.24) is 14.1 Å². The topological polar surface area (TPSA) is 99.3 Å². The minimum Gasteiger partial charge on any atom is -0.378 e. The first-order valence-corrected chi connectivity index (χ1v) is 15.7. The van der Waals surface area contributed by atoms with E-state index in [4.69, 9.17) is 4.74 Å². The SMILES string of the molecule is CCCN(CCC)S(=O)(=O)c1ccc(C(=O)Nc2sc3c(c2C(=O)N2CCOCC2)CCN(CC)C3)cc1. The number of morpholine rings is 1. The zero-order valence-corrected chi connectivity index (χ0v) is 24.1. The zero-order valence-electron chi connectivity index (χ0n) is 22.5. The number of ether oxygens (including phenoxy) is 1. The van der Waals surface area contributed by atoms with Crippen LogP contribution >= 0.6 is 11.3 Å². The summed E-state index contributed by atoms with van der Waals surface area (Å²) in [7, 11) is -3.63. The predicted molar refractivity (Wildman–Crippen MR) is 149 cm³/mol. The Bertz CT molecular complexity index is 1230. The molecule has 2 aliphatic heterocycles. The molecule has 2 amide bonds.